The van der Waals surface area contributed by atoms with E-state index in [0.29, 0.717) is 12.1 Å². The molecule has 0 atom stereocenters. The van der Waals surface area contributed by atoms with Crippen LogP contribution in [0.4, 0.5) is 5.82 Å². The van der Waals surface area contributed by atoms with E-state index in [9.17, 15) is 4.79 Å². The summed E-state index contributed by atoms with van der Waals surface area (Å²) in [7, 11) is 1.81. The van der Waals surface area contributed by atoms with E-state index in [1.165, 1.54) is 6.42 Å². The minimum atomic E-state index is -0.0447. The number of amides is 1. The zero-order chi connectivity index (χ0) is 20.9. The van der Waals surface area contributed by atoms with Gasteiger partial charge in [-0.25, -0.2) is 4.98 Å². The number of fused-ring (bicyclic) bond motifs is 1. The van der Waals surface area contributed by atoms with Crippen LogP contribution in [0.25, 0.3) is 10.9 Å². The summed E-state index contributed by atoms with van der Waals surface area (Å²) in [6, 6.07) is 15.9. The predicted molar refractivity (Wildman–Crippen MR) is 121 cm³/mol. The fourth-order valence-electron chi connectivity index (χ4n) is 3.95. The molecule has 1 aliphatic rings. The molecule has 3 aromatic rings. The molecule has 0 unspecified atom stereocenters. The van der Waals surface area contributed by atoms with Crippen molar-refractivity contribution in [3.05, 3.63) is 66.0 Å². The minimum absolute atomic E-state index is 0.0447. The topological polar surface area (TPSA) is 52.6 Å². The fourth-order valence-corrected chi connectivity index (χ4v) is 3.95. The Labute approximate surface area is 178 Å². The van der Waals surface area contributed by atoms with Crippen molar-refractivity contribution in [2.45, 2.75) is 19.9 Å². The summed E-state index contributed by atoms with van der Waals surface area (Å²) >= 11 is 0. The molecule has 4 rings (SSSR count). The molecular weight excluding hydrogens is 374 g/mol. The van der Waals surface area contributed by atoms with Gasteiger partial charge in [0.05, 0.1) is 23.3 Å². The number of piperazine rings is 1. The van der Waals surface area contributed by atoms with Gasteiger partial charge < -0.3 is 9.80 Å². The van der Waals surface area contributed by atoms with Crippen LogP contribution in [0.2, 0.25) is 0 Å². The summed E-state index contributed by atoms with van der Waals surface area (Å²) in [6.45, 7) is 7.94. The Hall–Kier alpha value is -2.99. The van der Waals surface area contributed by atoms with E-state index in [2.05, 4.69) is 26.7 Å². The quantitative estimate of drug-likeness (QED) is 0.631. The van der Waals surface area contributed by atoms with E-state index in [1.807, 2.05) is 48.5 Å². The second-order valence-electron chi connectivity index (χ2n) is 7.89. The monoisotopic (exact) mass is 403 g/mol. The van der Waals surface area contributed by atoms with Gasteiger partial charge >= 0.3 is 0 Å². The summed E-state index contributed by atoms with van der Waals surface area (Å²) in [4.78, 5) is 28.6. The maximum absolute atomic E-state index is 12.9. The SMILES string of the molecule is CCCN1CCN(c2ccc(C(=O)N(C)Cc3ccc4ccccc4n3)cn2)CC1. The van der Waals surface area contributed by atoms with Gasteiger partial charge in [0.1, 0.15) is 5.82 Å². The first kappa shape index (κ1) is 20.3. The number of rotatable bonds is 6. The van der Waals surface area contributed by atoms with Crippen molar-refractivity contribution in [2.24, 2.45) is 0 Å². The molecule has 6 heteroatoms. The van der Waals surface area contributed by atoms with Gasteiger partial charge in [0, 0.05) is 44.8 Å². The van der Waals surface area contributed by atoms with E-state index in [0.717, 1.165) is 55.1 Å². The molecule has 1 amide bonds. The first-order chi connectivity index (χ1) is 14.6. The number of carbonyl (C=O) groups is 1. The highest BCUT2D eigenvalue weighted by Gasteiger charge is 2.18. The lowest BCUT2D eigenvalue weighted by Crippen LogP contribution is -2.46. The average molecular weight is 404 g/mol. The van der Waals surface area contributed by atoms with Gasteiger partial charge in [-0.3, -0.25) is 14.7 Å². The smallest absolute Gasteiger partial charge is 0.255 e. The number of nitrogens with zero attached hydrogens (tertiary/aromatic N) is 5. The molecule has 0 saturated carbocycles. The standard InChI is InChI=1S/C24H29N5O/c1-3-12-28-13-15-29(16-14-28)23-11-9-20(17-25-23)24(30)27(2)18-21-10-8-19-6-4-5-7-22(19)26-21/h4-11,17H,3,12-16,18H2,1-2H3. The van der Waals surface area contributed by atoms with Crippen LogP contribution in [0.1, 0.15) is 29.4 Å². The third-order valence-corrected chi connectivity index (χ3v) is 5.63. The van der Waals surface area contributed by atoms with Crippen LogP contribution in [0, 0.1) is 0 Å². The van der Waals surface area contributed by atoms with E-state index < -0.39 is 0 Å². The maximum atomic E-state index is 12.9. The highest BCUT2D eigenvalue weighted by Crippen LogP contribution is 2.17. The van der Waals surface area contributed by atoms with Crippen LogP contribution in [0.3, 0.4) is 0 Å². The second kappa shape index (κ2) is 9.22. The highest BCUT2D eigenvalue weighted by molar-refractivity contribution is 5.94. The van der Waals surface area contributed by atoms with Crippen molar-refractivity contribution >= 4 is 22.6 Å². The molecule has 0 aliphatic carbocycles. The number of para-hydroxylation sites is 1. The third-order valence-electron chi connectivity index (χ3n) is 5.63. The first-order valence-corrected chi connectivity index (χ1v) is 10.7. The lowest BCUT2D eigenvalue weighted by Gasteiger charge is -2.35. The number of anilines is 1. The van der Waals surface area contributed by atoms with Crippen LogP contribution >= 0.6 is 0 Å². The highest BCUT2D eigenvalue weighted by atomic mass is 16.2. The van der Waals surface area contributed by atoms with Gasteiger partial charge in [-0.15, -0.1) is 0 Å². The number of aromatic nitrogens is 2. The van der Waals surface area contributed by atoms with Crippen molar-refractivity contribution in [3.63, 3.8) is 0 Å². The van der Waals surface area contributed by atoms with Gasteiger partial charge in [-0.2, -0.15) is 0 Å². The summed E-state index contributed by atoms with van der Waals surface area (Å²) in [5, 5.41) is 1.10. The molecular formula is C24H29N5O. The first-order valence-electron chi connectivity index (χ1n) is 10.7. The van der Waals surface area contributed by atoms with Crippen molar-refractivity contribution in [1.29, 1.82) is 0 Å². The molecule has 1 saturated heterocycles. The predicted octanol–water partition coefficient (Wildman–Crippen LogP) is 3.43. The van der Waals surface area contributed by atoms with E-state index in [1.54, 1.807) is 18.1 Å². The van der Waals surface area contributed by atoms with Crippen LogP contribution in [-0.2, 0) is 6.54 Å². The molecule has 0 bridgehead atoms. The van der Waals surface area contributed by atoms with Crippen LogP contribution in [-0.4, -0.2) is 65.4 Å². The Morgan fingerprint density at radius 1 is 1.03 bits per heavy atom. The molecule has 3 heterocycles. The summed E-state index contributed by atoms with van der Waals surface area (Å²) in [5.41, 5.74) is 2.42. The van der Waals surface area contributed by atoms with Crippen molar-refractivity contribution in [2.75, 3.05) is 44.7 Å². The largest absolute Gasteiger partial charge is 0.354 e. The average Bonchev–Trinajstić information content (AvgIpc) is 2.79. The zero-order valence-corrected chi connectivity index (χ0v) is 17.8. The number of hydrogen-bond acceptors (Lipinski definition) is 5. The molecule has 2 aromatic heterocycles. The molecule has 0 spiro atoms. The molecule has 1 fully saturated rings. The molecule has 0 radical (unpaired) electrons. The van der Waals surface area contributed by atoms with Gasteiger partial charge in [0.2, 0.25) is 0 Å². The summed E-state index contributed by atoms with van der Waals surface area (Å²) in [6.07, 6.45) is 2.89. The van der Waals surface area contributed by atoms with Crippen molar-refractivity contribution in [3.8, 4) is 0 Å². The van der Waals surface area contributed by atoms with E-state index >= 15 is 0 Å². The Morgan fingerprint density at radius 2 is 1.83 bits per heavy atom. The Bertz CT molecular complexity index is 996. The van der Waals surface area contributed by atoms with Crippen LogP contribution in [0.5, 0.6) is 0 Å². The molecule has 1 aromatic carbocycles. The van der Waals surface area contributed by atoms with Gasteiger partial charge in [0.25, 0.3) is 5.91 Å². The lowest BCUT2D eigenvalue weighted by molar-refractivity contribution is 0.0783. The normalized spacial score (nSPS) is 14.8. The number of hydrogen-bond donors (Lipinski definition) is 0. The van der Waals surface area contributed by atoms with Gasteiger partial charge in [-0.1, -0.05) is 31.2 Å². The molecule has 1 aliphatic heterocycles. The van der Waals surface area contributed by atoms with Gasteiger partial charge in [0.15, 0.2) is 0 Å². The molecule has 6 nitrogen and oxygen atoms in total. The lowest BCUT2D eigenvalue weighted by atomic mass is 10.2. The summed E-state index contributed by atoms with van der Waals surface area (Å²) in [5.74, 6) is 0.901. The van der Waals surface area contributed by atoms with Gasteiger partial charge in [-0.05, 0) is 37.2 Å². The fraction of sp³-hybridized carbons (Fsp3) is 0.375. The number of benzene rings is 1. The number of pyridine rings is 2. The van der Waals surface area contributed by atoms with Crippen molar-refractivity contribution in [1.82, 2.24) is 19.8 Å². The minimum Gasteiger partial charge on any atom is -0.354 e. The van der Waals surface area contributed by atoms with Crippen LogP contribution in [0.15, 0.2) is 54.7 Å². The van der Waals surface area contributed by atoms with Crippen molar-refractivity contribution < 1.29 is 4.79 Å². The molecule has 0 N–H and O–H groups in total. The Balaban J connectivity index is 1.38. The van der Waals surface area contributed by atoms with E-state index in [4.69, 9.17) is 0 Å². The Morgan fingerprint density at radius 3 is 2.57 bits per heavy atom. The zero-order valence-electron chi connectivity index (χ0n) is 17.8. The maximum Gasteiger partial charge on any atom is 0.255 e. The number of carbonyl (C=O) groups excluding carboxylic acids is 1. The summed E-state index contributed by atoms with van der Waals surface area (Å²) < 4.78 is 0. The second-order valence-corrected chi connectivity index (χ2v) is 7.89. The third kappa shape index (κ3) is 4.60. The molecule has 156 valence electrons. The molecule has 30 heavy (non-hydrogen) atoms. The van der Waals surface area contributed by atoms with E-state index in [-0.39, 0.29) is 5.91 Å². The Kier molecular flexibility index (Phi) is 6.23. The van der Waals surface area contributed by atoms with Crippen LogP contribution < -0.4 is 4.90 Å².